The van der Waals surface area contributed by atoms with Gasteiger partial charge in [-0.05, 0) is 24.6 Å². The fraction of sp³-hybridized carbons (Fsp3) is 0.273. The van der Waals surface area contributed by atoms with Crippen LogP contribution in [0, 0.1) is 12.3 Å². The molecule has 0 saturated carbocycles. The molecule has 1 nitrogen and oxygen atoms in total. The predicted octanol–water partition coefficient (Wildman–Crippen LogP) is 2.50. The normalized spacial score (nSPS) is 12.1. The van der Waals surface area contributed by atoms with E-state index in [-0.39, 0.29) is 6.61 Å². The van der Waals surface area contributed by atoms with Gasteiger partial charge < -0.3 is 4.74 Å². The van der Waals surface area contributed by atoms with Gasteiger partial charge in [-0.3, -0.25) is 0 Å². The van der Waals surface area contributed by atoms with E-state index in [1.165, 1.54) is 6.92 Å². The van der Waals surface area contributed by atoms with Crippen LogP contribution in [0.25, 0.3) is 0 Å². The van der Waals surface area contributed by atoms with E-state index in [1.54, 1.807) is 0 Å². The highest BCUT2D eigenvalue weighted by atomic mass is 19.1. The van der Waals surface area contributed by atoms with Crippen LogP contribution in [0.1, 0.15) is 18.1 Å². The molecule has 68 valence electrons. The molecule has 0 amide bonds. The third kappa shape index (κ3) is 3.27. The standard InChI is InChI=1S/C11H11FO/c1-3-10-4-6-11(7-5-10)8-13-9(2)12/h1,4-7,9H,8H2,2H3. The maximum Gasteiger partial charge on any atom is 0.196 e. The molecule has 2 heteroatoms. The topological polar surface area (TPSA) is 9.23 Å². The summed E-state index contributed by atoms with van der Waals surface area (Å²) < 4.78 is 17.1. The number of ether oxygens (including phenoxy) is 1. The Morgan fingerprint density at radius 3 is 2.54 bits per heavy atom. The van der Waals surface area contributed by atoms with E-state index < -0.39 is 6.36 Å². The maximum atomic E-state index is 12.3. The molecule has 0 radical (unpaired) electrons. The molecule has 1 aromatic rings. The summed E-state index contributed by atoms with van der Waals surface area (Å²) in [5, 5.41) is 0. The average molecular weight is 178 g/mol. The Kier molecular flexibility index (Phi) is 3.48. The number of rotatable bonds is 3. The highest BCUT2D eigenvalue weighted by Crippen LogP contribution is 2.06. The van der Waals surface area contributed by atoms with Crippen LogP contribution in [-0.4, -0.2) is 6.36 Å². The third-order valence-corrected chi connectivity index (χ3v) is 1.60. The maximum absolute atomic E-state index is 12.3. The van der Waals surface area contributed by atoms with Gasteiger partial charge in [0.2, 0.25) is 0 Å². The van der Waals surface area contributed by atoms with Gasteiger partial charge in [0.25, 0.3) is 0 Å². The number of hydrogen-bond donors (Lipinski definition) is 0. The van der Waals surface area contributed by atoms with Crippen molar-refractivity contribution in [3.63, 3.8) is 0 Å². The first kappa shape index (κ1) is 9.76. The molecule has 0 heterocycles. The predicted molar refractivity (Wildman–Crippen MR) is 49.7 cm³/mol. The minimum absolute atomic E-state index is 0.280. The molecule has 0 saturated heterocycles. The van der Waals surface area contributed by atoms with Crippen molar-refractivity contribution in [2.45, 2.75) is 19.9 Å². The molecule has 0 spiro atoms. The number of terminal acetylenes is 1. The summed E-state index contributed by atoms with van der Waals surface area (Å²) in [6.07, 6.45) is 3.95. The summed E-state index contributed by atoms with van der Waals surface area (Å²) in [4.78, 5) is 0. The first-order valence-electron chi connectivity index (χ1n) is 4.03. The lowest BCUT2D eigenvalue weighted by Crippen LogP contribution is -2.00. The summed E-state index contributed by atoms with van der Waals surface area (Å²) in [6.45, 7) is 1.64. The van der Waals surface area contributed by atoms with Crippen molar-refractivity contribution in [1.29, 1.82) is 0 Å². The molecule has 0 bridgehead atoms. The van der Waals surface area contributed by atoms with Crippen molar-refractivity contribution >= 4 is 0 Å². The van der Waals surface area contributed by atoms with Crippen LogP contribution in [-0.2, 0) is 11.3 Å². The molecule has 0 fully saturated rings. The van der Waals surface area contributed by atoms with E-state index >= 15 is 0 Å². The molecule has 0 aliphatic heterocycles. The Labute approximate surface area is 77.5 Å². The van der Waals surface area contributed by atoms with E-state index in [4.69, 9.17) is 11.2 Å². The Morgan fingerprint density at radius 2 is 2.08 bits per heavy atom. The van der Waals surface area contributed by atoms with Gasteiger partial charge in [0.1, 0.15) is 0 Å². The molecule has 0 aromatic heterocycles. The quantitative estimate of drug-likeness (QED) is 0.646. The zero-order valence-corrected chi connectivity index (χ0v) is 7.46. The van der Waals surface area contributed by atoms with Crippen molar-refractivity contribution in [1.82, 2.24) is 0 Å². The molecule has 0 aliphatic rings. The number of alkyl halides is 1. The second-order valence-electron chi connectivity index (χ2n) is 2.70. The molecular weight excluding hydrogens is 167 g/mol. The SMILES string of the molecule is C#Cc1ccc(COC(C)F)cc1. The van der Waals surface area contributed by atoms with Gasteiger partial charge >= 0.3 is 0 Å². The smallest absolute Gasteiger partial charge is 0.196 e. The molecule has 1 atom stereocenters. The van der Waals surface area contributed by atoms with Crippen LogP contribution in [0.15, 0.2) is 24.3 Å². The van der Waals surface area contributed by atoms with E-state index in [0.717, 1.165) is 11.1 Å². The van der Waals surface area contributed by atoms with Crippen LogP contribution in [0.3, 0.4) is 0 Å². The first-order chi connectivity index (χ1) is 6.22. The monoisotopic (exact) mass is 178 g/mol. The van der Waals surface area contributed by atoms with Crippen molar-refractivity contribution in [3.05, 3.63) is 35.4 Å². The summed E-state index contributed by atoms with van der Waals surface area (Å²) in [5.74, 6) is 2.50. The van der Waals surface area contributed by atoms with E-state index in [1.807, 2.05) is 24.3 Å². The largest absolute Gasteiger partial charge is 0.344 e. The van der Waals surface area contributed by atoms with Gasteiger partial charge in [0.15, 0.2) is 6.36 Å². The van der Waals surface area contributed by atoms with Crippen molar-refractivity contribution in [2.24, 2.45) is 0 Å². The Hall–Kier alpha value is -1.33. The molecule has 13 heavy (non-hydrogen) atoms. The fourth-order valence-corrected chi connectivity index (χ4v) is 0.908. The summed E-state index contributed by atoms with van der Waals surface area (Å²) in [7, 11) is 0. The van der Waals surface area contributed by atoms with E-state index in [9.17, 15) is 4.39 Å². The van der Waals surface area contributed by atoms with E-state index in [0.29, 0.717) is 0 Å². The van der Waals surface area contributed by atoms with Gasteiger partial charge in [-0.15, -0.1) is 6.42 Å². The molecule has 0 aliphatic carbocycles. The van der Waals surface area contributed by atoms with E-state index in [2.05, 4.69) is 5.92 Å². The van der Waals surface area contributed by atoms with Crippen LogP contribution in [0.4, 0.5) is 4.39 Å². The van der Waals surface area contributed by atoms with Crippen LogP contribution >= 0.6 is 0 Å². The van der Waals surface area contributed by atoms with Crippen molar-refractivity contribution < 1.29 is 9.13 Å². The Bertz CT molecular complexity index is 295. The first-order valence-corrected chi connectivity index (χ1v) is 4.03. The lowest BCUT2D eigenvalue weighted by atomic mass is 10.1. The minimum Gasteiger partial charge on any atom is -0.344 e. The van der Waals surface area contributed by atoms with Gasteiger partial charge in [-0.25, -0.2) is 4.39 Å². The van der Waals surface area contributed by atoms with Crippen molar-refractivity contribution in [2.75, 3.05) is 0 Å². The third-order valence-electron chi connectivity index (χ3n) is 1.60. The van der Waals surface area contributed by atoms with Gasteiger partial charge in [-0.2, -0.15) is 0 Å². The lowest BCUT2D eigenvalue weighted by Gasteiger charge is -2.04. The minimum atomic E-state index is -1.23. The van der Waals surface area contributed by atoms with Crippen LogP contribution < -0.4 is 0 Å². The van der Waals surface area contributed by atoms with Gasteiger partial charge in [0, 0.05) is 5.56 Å². The highest BCUT2D eigenvalue weighted by molar-refractivity contribution is 5.33. The zero-order valence-electron chi connectivity index (χ0n) is 7.46. The van der Waals surface area contributed by atoms with Crippen LogP contribution in [0.5, 0.6) is 0 Å². The molecular formula is C11H11FO. The van der Waals surface area contributed by atoms with Crippen LogP contribution in [0.2, 0.25) is 0 Å². The molecule has 0 N–H and O–H groups in total. The fourth-order valence-electron chi connectivity index (χ4n) is 0.908. The summed E-state index contributed by atoms with van der Waals surface area (Å²) in [6, 6.07) is 7.28. The summed E-state index contributed by atoms with van der Waals surface area (Å²) >= 11 is 0. The number of halogens is 1. The number of benzene rings is 1. The Morgan fingerprint density at radius 1 is 1.46 bits per heavy atom. The molecule has 1 unspecified atom stereocenters. The summed E-state index contributed by atoms with van der Waals surface area (Å²) in [5.41, 5.74) is 1.74. The van der Waals surface area contributed by atoms with Gasteiger partial charge in [0.05, 0.1) is 6.61 Å². The highest BCUT2D eigenvalue weighted by Gasteiger charge is 1.98. The second-order valence-corrected chi connectivity index (χ2v) is 2.70. The molecule has 1 aromatic carbocycles. The number of hydrogen-bond acceptors (Lipinski definition) is 1. The van der Waals surface area contributed by atoms with Gasteiger partial charge in [-0.1, -0.05) is 18.1 Å². The second kappa shape index (κ2) is 4.64. The Balaban J connectivity index is 2.55. The van der Waals surface area contributed by atoms with Crippen molar-refractivity contribution in [3.8, 4) is 12.3 Å². The lowest BCUT2D eigenvalue weighted by molar-refractivity contribution is -0.0349. The zero-order chi connectivity index (χ0) is 9.68. The average Bonchev–Trinajstić information content (AvgIpc) is 2.15. The molecule has 1 rings (SSSR count).